The monoisotopic (exact) mass is 462 g/mol. The van der Waals surface area contributed by atoms with Gasteiger partial charge in [-0.25, -0.2) is 0 Å². The van der Waals surface area contributed by atoms with Crippen molar-refractivity contribution in [2.75, 3.05) is 32.7 Å². The molecule has 1 saturated heterocycles. The van der Waals surface area contributed by atoms with Gasteiger partial charge in [-0.3, -0.25) is 9.79 Å². The zero-order valence-corrected chi connectivity index (χ0v) is 17.5. The number of guanidine groups is 1. The molecule has 25 heavy (non-hydrogen) atoms. The molecule has 1 fully saturated rings. The van der Waals surface area contributed by atoms with Crippen LogP contribution >= 0.6 is 24.0 Å². The van der Waals surface area contributed by atoms with Crippen LogP contribution in [0.15, 0.2) is 27.8 Å². The Balaban J connectivity index is 0.00000312. The highest BCUT2D eigenvalue weighted by atomic mass is 127. The number of likely N-dealkylation sites (tertiary alicyclic amines) is 1. The molecule has 2 heterocycles. The number of hydrogen-bond acceptors (Lipinski definition) is 3. The zero-order valence-electron chi connectivity index (χ0n) is 15.1. The maximum absolute atomic E-state index is 11.6. The summed E-state index contributed by atoms with van der Waals surface area (Å²) in [6, 6.07) is 3.89. The molecule has 7 heteroatoms. The van der Waals surface area contributed by atoms with E-state index in [-0.39, 0.29) is 29.9 Å². The van der Waals surface area contributed by atoms with Crippen molar-refractivity contribution in [2.45, 2.75) is 45.4 Å². The summed E-state index contributed by atoms with van der Waals surface area (Å²) in [5.74, 6) is 2.11. The number of carbonyl (C=O) groups excluding carboxylic acids is 1. The van der Waals surface area contributed by atoms with Gasteiger partial charge in [0.15, 0.2) is 5.96 Å². The molecule has 2 N–H and O–H groups in total. The second-order valence-corrected chi connectivity index (χ2v) is 6.10. The van der Waals surface area contributed by atoms with Crippen LogP contribution in [0.1, 0.15) is 44.8 Å². The van der Waals surface area contributed by atoms with Crippen molar-refractivity contribution in [3.8, 4) is 0 Å². The van der Waals surface area contributed by atoms with Crippen LogP contribution in [-0.4, -0.2) is 49.5 Å². The number of unbranched alkanes of at least 4 members (excludes halogenated alkanes) is 1. The SMILES string of the molecule is CCCCNC(=NCCCN1CCCC1=O)NCCc1ccco1.I. The molecule has 2 rings (SSSR count). The highest BCUT2D eigenvalue weighted by molar-refractivity contribution is 14.0. The van der Waals surface area contributed by atoms with Gasteiger partial charge < -0.3 is 20.0 Å². The van der Waals surface area contributed by atoms with Gasteiger partial charge >= 0.3 is 0 Å². The van der Waals surface area contributed by atoms with E-state index in [1.54, 1.807) is 6.26 Å². The van der Waals surface area contributed by atoms with Crippen molar-refractivity contribution in [2.24, 2.45) is 4.99 Å². The van der Waals surface area contributed by atoms with Gasteiger partial charge in [-0.1, -0.05) is 13.3 Å². The van der Waals surface area contributed by atoms with Crippen LogP contribution in [0.25, 0.3) is 0 Å². The molecule has 0 saturated carbocycles. The van der Waals surface area contributed by atoms with E-state index in [0.717, 1.165) is 76.5 Å². The summed E-state index contributed by atoms with van der Waals surface area (Å²) < 4.78 is 5.34. The Kier molecular flexibility index (Phi) is 11.3. The quantitative estimate of drug-likeness (QED) is 0.243. The number of furan rings is 1. The number of nitrogens with one attached hydrogen (secondary N) is 2. The fourth-order valence-electron chi connectivity index (χ4n) is 2.71. The third-order valence-electron chi connectivity index (χ3n) is 4.09. The molecule has 0 aromatic carbocycles. The van der Waals surface area contributed by atoms with Crippen LogP contribution in [0, 0.1) is 0 Å². The van der Waals surface area contributed by atoms with E-state index < -0.39 is 0 Å². The minimum Gasteiger partial charge on any atom is -0.469 e. The average Bonchev–Trinajstić information content (AvgIpc) is 3.23. The summed E-state index contributed by atoms with van der Waals surface area (Å²) in [7, 11) is 0. The van der Waals surface area contributed by atoms with Crippen LogP contribution in [0.4, 0.5) is 0 Å². The molecule has 0 spiro atoms. The van der Waals surface area contributed by atoms with Gasteiger partial charge in [0.25, 0.3) is 0 Å². The van der Waals surface area contributed by atoms with Crippen LogP contribution in [-0.2, 0) is 11.2 Å². The maximum atomic E-state index is 11.6. The summed E-state index contributed by atoms with van der Waals surface area (Å²) >= 11 is 0. The molecule has 1 aromatic heterocycles. The fraction of sp³-hybridized carbons (Fsp3) is 0.667. The second-order valence-electron chi connectivity index (χ2n) is 6.10. The minimum absolute atomic E-state index is 0. The number of hydrogen-bond donors (Lipinski definition) is 2. The first kappa shape index (κ1) is 21.8. The Bertz CT molecular complexity index is 505. The van der Waals surface area contributed by atoms with E-state index in [9.17, 15) is 4.79 Å². The third-order valence-corrected chi connectivity index (χ3v) is 4.09. The Hall–Kier alpha value is -1.25. The van der Waals surface area contributed by atoms with E-state index in [1.807, 2.05) is 17.0 Å². The van der Waals surface area contributed by atoms with E-state index >= 15 is 0 Å². The molecule has 0 unspecified atom stereocenters. The molecule has 0 bridgehead atoms. The Morgan fingerprint density at radius 2 is 2.16 bits per heavy atom. The van der Waals surface area contributed by atoms with Gasteiger partial charge in [-0.2, -0.15) is 0 Å². The summed E-state index contributed by atoms with van der Waals surface area (Å²) in [6.45, 7) is 6.34. The van der Waals surface area contributed by atoms with Gasteiger partial charge in [0.2, 0.25) is 5.91 Å². The van der Waals surface area contributed by atoms with Crippen molar-refractivity contribution < 1.29 is 9.21 Å². The minimum atomic E-state index is 0. The lowest BCUT2D eigenvalue weighted by atomic mass is 10.3. The standard InChI is InChI=1S/C18H30N4O2.HI/c1-2-3-10-19-18(21-12-9-16-7-5-15-24-16)20-11-6-14-22-13-4-8-17(22)23;/h5,7,15H,2-4,6,8-14H2,1H3,(H2,19,20,21);1H. The Morgan fingerprint density at radius 3 is 2.84 bits per heavy atom. The summed E-state index contributed by atoms with van der Waals surface area (Å²) in [5.41, 5.74) is 0. The smallest absolute Gasteiger partial charge is 0.222 e. The van der Waals surface area contributed by atoms with Gasteiger partial charge in [0.05, 0.1) is 6.26 Å². The van der Waals surface area contributed by atoms with Crippen molar-refractivity contribution in [3.05, 3.63) is 24.2 Å². The van der Waals surface area contributed by atoms with E-state index in [0.29, 0.717) is 6.42 Å². The first-order chi connectivity index (χ1) is 11.8. The van der Waals surface area contributed by atoms with Gasteiger partial charge in [0.1, 0.15) is 5.76 Å². The lowest BCUT2D eigenvalue weighted by Crippen LogP contribution is -2.39. The van der Waals surface area contributed by atoms with Crippen molar-refractivity contribution in [1.82, 2.24) is 15.5 Å². The summed E-state index contributed by atoms with van der Waals surface area (Å²) in [4.78, 5) is 18.2. The lowest BCUT2D eigenvalue weighted by molar-refractivity contribution is -0.127. The number of amides is 1. The van der Waals surface area contributed by atoms with Crippen molar-refractivity contribution in [3.63, 3.8) is 0 Å². The third kappa shape index (κ3) is 8.60. The van der Waals surface area contributed by atoms with Crippen LogP contribution in [0.5, 0.6) is 0 Å². The topological polar surface area (TPSA) is 69.9 Å². The summed E-state index contributed by atoms with van der Waals surface area (Å²) in [6.07, 6.45) is 7.43. The van der Waals surface area contributed by atoms with E-state index in [4.69, 9.17) is 4.42 Å². The first-order valence-electron chi connectivity index (χ1n) is 9.12. The highest BCUT2D eigenvalue weighted by Gasteiger charge is 2.18. The molecule has 1 aliphatic heterocycles. The predicted molar refractivity (Wildman–Crippen MR) is 111 cm³/mol. The molecule has 1 aliphatic rings. The number of carbonyl (C=O) groups is 1. The number of halogens is 1. The fourth-order valence-corrected chi connectivity index (χ4v) is 2.71. The van der Waals surface area contributed by atoms with Gasteiger partial charge in [-0.05, 0) is 31.4 Å². The number of rotatable bonds is 10. The molecule has 0 atom stereocenters. The van der Waals surface area contributed by atoms with Crippen LogP contribution < -0.4 is 10.6 Å². The normalized spacial score (nSPS) is 14.5. The summed E-state index contributed by atoms with van der Waals surface area (Å²) in [5, 5.41) is 6.72. The van der Waals surface area contributed by atoms with E-state index in [1.165, 1.54) is 0 Å². The molecule has 0 aliphatic carbocycles. The van der Waals surface area contributed by atoms with Crippen molar-refractivity contribution >= 4 is 35.8 Å². The number of aliphatic imine (C=N–C) groups is 1. The molecule has 6 nitrogen and oxygen atoms in total. The highest BCUT2D eigenvalue weighted by Crippen LogP contribution is 2.09. The van der Waals surface area contributed by atoms with Crippen LogP contribution in [0.3, 0.4) is 0 Å². The molecule has 142 valence electrons. The van der Waals surface area contributed by atoms with Gasteiger partial charge in [-0.15, -0.1) is 24.0 Å². The molecule has 0 radical (unpaired) electrons. The van der Waals surface area contributed by atoms with Crippen LogP contribution in [0.2, 0.25) is 0 Å². The van der Waals surface area contributed by atoms with E-state index in [2.05, 4.69) is 22.5 Å². The van der Waals surface area contributed by atoms with Gasteiger partial charge in [0, 0.05) is 45.6 Å². The molecule has 1 amide bonds. The molecule has 1 aromatic rings. The molecular formula is C18H31IN4O2. The second kappa shape index (κ2) is 13.0. The predicted octanol–water partition coefficient (Wildman–Crippen LogP) is 2.79. The maximum Gasteiger partial charge on any atom is 0.222 e. The molecular weight excluding hydrogens is 431 g/mol. The zero-order chi connectivity index (χ0) is 17.0. The first-order valence-corrected chi connectivity index (χ1v) is 9.12. The average molecular weight is 462 g/mol. The lowest BCUT2D eigenvalue weighted by Gasteiger charge is -2.15. The van der Waals surface area contributed by atoms with Crippen molar-refractivity contribution in [1.29, 1.82) is 0 Å². The number of nitrogens with zero attached hydrogens (tertiary/aromatic N) is 2. The Morgan fingerprint density at radius 1 is 1.32 bits per heavy atom. The largest absolute Gasteiger partial charge is 0.469 e. The Labute approximate surface area is 167 Å².